The molecule has 5 nitrogen and oxygen atoms in total. The second-order valence-electron chi connectivity index (χ2n) is 8.42. The van der Waals surface area contributed by atoms with Gasteiger partial charge >= 0.3 is 0 Å². The van der Waals surface area contributed by atoms with Crippen LogP contribution in [0, 0.1) is 11.8 Å². The van der Waals surface area contributed by atoms with Gasteiger partial charge in [-0.25, -0.2) is 4.90 Å². The molecule has 2 amide bonds. The van der Waals surface area contributed by atoms with Gasteiger partial charge in [0.05, 0.1) is 17.5 Å². The normalized spacial score (nSPS) is 29.1. The average Bonchev–Trinajstić information content (AvgIpc) is 3.37. The Kier molecular flexibility index (Phi) is 3.18. The number of hydrogen-bond donors (Lipinski definition) is 0. The predicted octanol–water partition coefficient (Wildman–Crippen LogP) is 4.16. The van der Waals surface area contributed by atoms with E-state index >= 15 is 0 Å². The van der Waals surface area contributed by atoms with Crippen LogP contribution in [0.2, 0.25) is 0 Å². The Morgan fingerprint density at radius 3 is 2.19 bits per heavy atom. The van der Waals surface area contributed by atoms with Crippen molar-refractivity contribution < 1.29 is 19.1 Å². The van der Waals surface area contributed by atoms with Crippen LogP contribution in [0.15, 0.2) is 66.7 Å². The number of benzene rings is 3. The van der Waals surface area contributed by atoms with Crippen LogP contribution in [0.5, 0.6) is 11.5 Å². The summed E-state index contributed by atoms with van der Waals surface area (Å²) in [6, 6.07) is 21.0. The van der Waals surface area contributed by atoms with Crippen molar-refractivity contribution in [1.29, 1.82) is 0 Å². The number of nitrogens with zero attached hydrogens (tertiary/aromatic N) is 1. The largest absolute Gasteiger partial charge is 0.454 e. The molecular formula is C25H16ClNO4. The SMILES string of the molecule is O=C1[C@@H]2C3c4ccccc4C(Cl)(c4ccccc43)[C@@H]2C(=O)N1c1ccc2c(c1)OCO2. The predicted molar refractivity (Wildman–Crippen MR) is 113 cm³/mol. The van der Waals surface area contributed by atoms with Crippen molar-refractivity contribution in [3.05, 3.63) is 89.0 Å². The minimum absolute atomic E-state index is 0.128. The molecule has 1 fully saturated rings. The van der Waals surface area contributed by atoms with Crippen LogP contribution in [0.3, 0.4) is 0 Å². The highest BCUT2D eigenvalue weighted by Crippen LogP contribution is 2.66. The number of hydrogen-bond acceptors (Lipinski definition) is 4. The molecule has 2 bridgehead atoms. The van der Waals surface area contributed by atoms with Crippen LogP contribution in [0.4, 0.5) is 5.69 Å². The van der Waals surface area contributed by atoms with Gasteiger partial charge in [0.15, 0.2) is 11.5 Å². The van der Waals surface area contributed by atoms with Crippen molar-refractivity contribution in [3.8, 4) is 11.5 Å². The van der Waals surface area contributed by atoms with Gasteiger partial charge in [0, 0.05) is 12.0 Å². The van der Waals surface area contributed by atoms with Gasteiger partial charge in [0.1, 0.15) is 4.87 Å². The Morgan fingerprint density at radius 1 is 0.839 bits per heavy atom. The third kappa shape index (κ3) is 1.94. The molecule has 3 aromatic carbocycles. The Morgan fingerprint density at radius 2 is 1.48 bits per heavy atom. The molecule has 0 spiro atoms. The second kappa shape index (κ2) is 5.68. The molecule has 152 valence electrons. The molecule has 31 heavy (non-hydrogen) atoms. The van der Waals surface area contributed by atoms with Gasteiger partial charge in [-0.15, -0.1) is 11.6 Å². The molecule has 2 heterocycles. The average molecular weight is 430 g/mol. The number of halogens is 1. The molecule has 8 rings (SSSR count). The summed E-state index contributed by atoms with van der Waals surface area (Å²) in [5.74, 6) is -0.751. The van der Waals surface area contributed by atoms with E-state index in [0.29, 0.717) is 17.2 Å². The molecule has 0 N–H and O–H groups in total. The highest BCUT2D eigenvalue weighted by Gasteiger charge is 2.68. The van der Waals surface area contributed by atoms with Gasteiger partial charge in [0.2, 0.25) is 18.6 Å². The number of anilines is 1. The molecule has 2 aliphatic heterocycles. The molecule has 3 aliphatic carbocycles. The van der Waals surface area contributed by atoms with E-state index in [-0.39, 0.29) is 24.5 Å². The van der Waals surface area contributed by atoms with Crippen molar-refractivity contribution >= 4 is 29.1 Å². The zero-order valence-corrected chi connectivity index (χ0v) is 17.0. The fourth-order valence-corrected chi connectivity index (χ4v) is 6.53. The number of imide groups is 1. The van der Waals surface area contributed by atoms with Gasteiger partial charge in [-0.1, -0.05) is 48.5 Å². The lowest BCUT2D eigenvalue weighted by Gasteiger charge is -2.50. The second-order valence-corrected chi connectivity index (χ2v) is 9.01. The van der Waals surface area contributed by atoms with Gasteiger partial charge < -0.3 is 9.47 Å². The molecular weight excluding hydrogens is 414 g/mol. The zero-order chi connectivity index (χ0) is 20.9. The van der Waals surface area contributed by atoms with Crippen LogP contribution in [-0.2, 0) is 14.5 Å². The monoisotopic (exact) mass is 429 g/mol. The maximum Gasteiger partial charge on any atom is 0.240 e. The first-order valence-electron chi connectivity index (χ1n) is 10.3. The summed E-state index contributed by atoms with van der Waals surface area (Å²) in [5.41, 5.74) is 4.41. The Bertz CT molecular complexity index is 1270. The molecule has 2 atom stereocenters. The molecule has 0 radical (unpaired) electrons. The van der Waals surface area contributed by atoms with Crippen LogP contribution in [-0.4, -0.2) is 18.6 Å². The number of amides is 2. The summed E-state index contributed by atoms with van der Waals surface area (Å²) in [6.45, 7) is 0.128. The van der Waals surface area contributed by atoms with E-state index in [0.717, 1.165) is 22.3 Å². The van der Waals surface area contributed by atoms with E-state index < -0.39 is 16.7 Å². The van der Waals surface area contributed by atoms with Crippen molar-refractivity contribution in [2.24, 2.45) is 11.8 Å². The summed E-state index contributed by atoms with van der Waals surface area (Å²) >= 11 is 7.42. The topological polar surface area (TPSA) is 55.8 Å². The molecule has 0 aromatic heterocycles. The third-order valence-corrected chi connectivity index (χ3v) is 7.77. The van der Waals surface area contributed by atoms with Crippen LogP contribution in [0.25, 0.3) is 0 Å². The number of carbonyl (C=O) groups is 2. The van der Waals surface area contributed by atoms with E-state index in [9.17, 15) is 9.59 Å². The Balaban J connectivity index is 1.45. The number of ether oxygens (including phenoxy) is 2. The first-order chi connectivity index (χ1) is 15.1. The van der Waals surface area contributed by atoms with Crippen LogP contribution < -0.4 is 14.4 Å². The maximum atomic E-state index is 13.8. The lowest BCUT2D eigenvalue weighted by Crippen LogP contribution is -2.50. The lowest BCUT2D eigenvalue weighted by molar-refractivity contribution is -0.122. The highest BCUT2D eigenvalue weighted by molar-refractivity contribution is 6.33. The van der Waals surface area contributed by atoms with Crippen LogP contribution in [0.1, 0.15) is 28.2 Å². The molecule has 5 aliphatic rings. The summed E-state index contributed by atoms with van der Waals surface area (Å²) in [6.07, 6.45) is 0. The highest BCUT2D eigenvalue weighted by atomic mass is 35.5. The van der Waals surface area contributed by atoms with E-state index in [4.69, 9.17) is 21.1 Å². The number of carbonyl (C=O) groups excluding carboxylic acids is 2. The van der Waals surface area contributed by atoms with E-state index in [1.807, 2.05) is 48.5 Å². The van der Waals surface area contributed by atoms with Crippen molar-refractivity contribution in [3.63, 3.8) is 0 Å². The van der Waals surface area contributed by atoms with Crippen molar-refractivity contribution in [1.82, 2.24) is 0 Å². The van der Waals surface area contributed by atoms with E-state index in [2.05, 4.69) is 0 Å². The zero-order valence-electron chi connectivity index (χ0n) is 16.2. The first-order valence-corrected chi connectivity index (χ1v) is 10.6. The summed E-state index contributed by atoms with van der Waals surface area (Å²) < 4.78 is 10.8. The third-order valence-electron chi connectivity index (χ3n) is 7.13. The fraction of sp³-hybridized carbons (Fsp3) is 0.200. The van der Waals surface area contributed by atoms with Gasteiger partial charge in [-0.05, 0) is 34.4 Å². The maximum absolute atomic E-state index is 13.8. The molecule has 1 saturated heterocycles. The lowest BCUT2D eigenvalue weighted by atomic mass is 9.54. The molecule has 0 saturated carbocycles. The Labute approximate surface area is 183 Å². The van der Waals surface area contributed by atoms with Crippen molar-refractivity contribution in [2.45, 2.75) is 10.8 Å². The standard InChI is InChI=1S/C25H16ClNO4/c26-25-16-7-3-1-5-14(16)20(15-6-2-4-8-17(15)25)21-22(25)24(29)27(23(21)28)13-9-10-18-19(11-13)31-12-30-18/h1-11,20-22H,12H2/t20?,21-,22+,25?/m1/s1. The van der Waals surface area contributed by atoms with E-state index in [1.165, 1.54) is 4.90 Å². The van der Waals surface area contributed by atoms with Crippen molar-refractivity contribution in [2.75, 3.05) is 11.7 Å². The number of alkyl halides is 1. The van der Waals surface area contributed by atoms with E-state index in [1.54, 1.807) is 18.2 Å². The summed E-state index contributed by atoms with van der Waals surface area (Å²) in [7, 11) is 0. The first kappa shape index (κ1) is 17.4. The van der Waals surface area contributed by atoms with Crippen LogP contribution >= 0.6 is 11.6 Å². The van der Waals surface area contributed by atoms with Gasteiger partial charge in [0.25, 0.3) is 0 Å². The smallest absolute Gasteiger partial charge is 0.240 e. The minimum atomic E-state index is -1.08. The quantitative estimate of drug-likeness (QED) is 0.430. The molecule has 3 aromatic rings. The van der Waals surface area contributed by atoms with Gasteiger partial charge in [-0.2, -0.15) is 0 Å². The summed E-state index contributed by atoms with van der Waals surface area (Å²) in [4.78, 5) is 27.8. The minimum Gasteiger partial charge on any atom is -0.454 e. The van der Waals surface area contributed by atoms with Gasteiger partial charge in [-0.3, -0.25) is 9.59 Å². The molecule has 6 heteroatoms. The number of fused-ring (bicyclic) bond motifs is 1. The Hall–Kier alpha value is -3.31. The molecule has 0 unspecified atom stereocenters. The fourth-order valence-electron chi connectivity index (χ4n) is 5.96. The number of rotatable bonds is 1. The summed E-state index contributed by atoms with van der Waals surface area (Å²) in [5, 5.41) is 0.